The van der Waals surface area contributed by atoms with Gasteiger partial charge in [-0.15, -0.1) is 0 Å². The first-order chi connectivity index (χ1) is 5.11. The van der Waals surface area contributed by atoms with Crippen LogP contribution in [0.2, 0.25) is 5.02 Å². The minimum Gasteiger partial charge on any atom is -0.281 e. The molecule has 0 aromatic heterocycles. The van der Waals surface area contributed by atoms with Crippen molar-refractivity contribution in [1.82, 2.24) is 0 Å². The molecule has 58 valence electrons. The number of hydrogen-bond acceptors (Lipinski definition) is 1. The predicted molar refractivity (Wildman–Crippen MR) is 52.4 cm³/mol. The van der Waals surface area contributed by atoms with Crippen LogP contribution in [0.25, 0.3) is 0 Å². The van der Waals surface area contributed by atoms with Crippen molar-refractivity contribution in [2.24, 2.45) is 0 Å². The molecule has 0 aliphatic heterocycles. The molecule has 0 radical (unpaired) electrons. The Morgan fingerprint density at radius 1 is 1.45 bits per heavy atom. The summed E-state index contributed by atoms with van der Waals surface area (Å²) < 4.78 is 0.633. The average molecular weight is 298 g/mol. The van der Waals surface area contributed by atoms with Gasteiger partial charge in [0.05, 0.1) is 5.02 Å². The maximum absolute atomic E-state index is 10.8. The average Bonchev–Trinajstić information content (AvgIpc) is 1.94. The third-order valence-electron chi connectivity index (χ3n) is 1.14. The maximum atomic E-state index is 10.8. The van der Waals surface area contributed by atoms with Crippen molar-refractivity contribution in [2.75, 3.05) is 0 Å². The van der Waals surface area contributed by atoms with E-state index in [2.05, 4.69) is 31.9 Å². The van der Waals surface area contributed by atoms with Crippen LogP contribution in [0.4, 0.5) is 0 Å². The van der Waals surface area contributed by atoms with Gasteiger partial charge in [0.1, 0.15) is 0 Å². The van der Waals surface area contributed by atoms with Gasteiger partial charge >= 0.3 is 0 Å². The monoisotopic (exact) mass is 296 g/mol. The second-order valence-corrected chi connectivity index (χ2v) is 3.94. The Kier molecular flexibility index (Phi) is 3.10. The number of halogens is 3. The topological polar surface area (TPSA) is 17.1 Å². The fourth-order valence-electron chi connectivity index (χ4n) is 0.648. The Hall–Kier alpha value is 0.140. The fourth-order valence-corrected chi connectivity index (χ4v) is 1.65. The Labute approximate surface area is 86.0 Å². The molecule has 0 amide bonds. The molecule has 0 aliphatic carbocycles. The Bertz CT molecular complexity index is 298. The van der Waals surface area contributed by atoms with Crippen LogP contribution in [0.5, 0.6) is 0 Å². The molecule has 4 heteroatoms. The Morgan fingerprint density at radius 2 is 2.09 bits per heavy atom. The highest BCUT2D eigenvalue weighted by molar-refractivity contribution is 9.18. The lowest BCUT2D eigenvalue weighted by atomic mass is 10.2. The molecule has 0 fully saturated rings. The molecule has 0 saturated carbocycles. The van der Waals surface area contributed by atoms with E-state index in [9.17, 15) is 4.79 Å². The van der Waals surface area contributed by atoms with Crippen LogP contribution in [0, 0.1) is 0 Å². The molecule has 0 atom stereocenters. The van der Waals surface area contributed by atoms with Gasteiger partial charge in [-0.1, -0.05) is 27.5 Å². The van der Waals surface area contributed by atoms with E-state index < -0.39 is 0 Å². The molecular weight excluding hydrogens is 295 g/mol. The highest BCUT2D eigenvalue weighted by Gasteiger charge is 2.06. The zero-order chi connectivity index (χ0) is 8.43. The SMILES string of the molecule is O=C(Br)c1cc(Br)ccc1Cl. The summed E-state index contributed by atoms with van der Waals surface area (Å²) in [6, 6.07) is 5.11. The first kappa shape index (κ1) is 9.23. The van der Waals surface area contributed by atoms with Crippen LogP contribution < -0.4 is 0 Å². The second-order valence-electron chi connectivity index (χ2n) is 1.90. The molecule has 0 spiro atoms. The summed E-state index contributed by atoms with van der Waals surface area (Å²) in [6.45, 7) is 0. The smallest absolute Gasteiger partial charge is 0.229 e. The van der Waals surface area contributed by atoms with E-state index in [4.69, 9.17) is 11.6 Å². The standard InChI is InChI=1S/C7H3Br2ClO/c8-4-1-2-6(10)5(3-4)7(9)11/h1-3H. The normalized spacial score (nSPS) is 9.73. The van der Waals surface area contributed by atoms with E-state index in [1.54, 1.807) is 18.2 Å². The first-order valence-corrected chi connectivity index (χ1v) is 4.72. The largest absolute Gasteiger partial charge is 0.281 e. The number of rotatable bonds is 1. The maximum Gasteiger partial charge on any atom is 0.229 e. The molecule has 1 rings (SSSR count). The summed E-state index contributed by atoms with van der Waals surface area (Å²) in [6.07, 6.45) is 0. The van der Waals surface area contributed by atoms with Gasteiger partial charge in [0, 0.05) is 10.0 Å². The number of benzene rings is 1. The summed E-state index contributed by atoms with van der Waals surface area (Å²) in [5.74, 6) is 0. The zero-order valence-corrected chi connectivity index (χ0v) is 9.20. The van der Waals surface area contributed by atoms with Crippen LogP contribution in [0.15, 0.2) is 22.7 Å². The van der Waals surface area contributed by atoms with E-state index in [1.807, 2.05) is 0 Å². The molecular formula is C7H3Br2ClO. The second kappa shape index (κ2) is 3.70. The third kappa shape index (κ3) is 2.29. The van der Waals surface area contributed by atoms with Gasteiger partial charge in [-0.25, -0.2) is 0 Å². The molecule has 1 nitrogen and oxygen atoms in total. The number of carbonyl (C=O) groups excluding carboxylic acids is 1. The molecule has 0 heterocycles. The molecule has 0 bridgehead atoms. The molecule has 0 aliphatic rings. The van der Waals surface area contributed by atoms with E-state index in [-0.39, 0.29) is 4.69 Å². The van der Waals surface area contributed by atoms with Crippen LogP contribution in [0.1, 0.15) is 10.4 Å². The van der Waals surface area contributed by atoms with Crippen molar-refractivity contribution in [2.45, 2.75) is 0 Å². The van der Waals surface area contributed by atoms with Crippen LogP contribution in [0.3, 0.4) is 0 Å². The van der Waals surface area contributed by atoms with Crippen molar-refractivity contribution >= 4 is 48.2 Å². The molecule has 0 saturated heterocycles. The third-order valence-corrected chi connectivity index (χ3v) is 2.39. The van der Waals surface area contributed by atoms with E-state index in [1.165, 1.54) is 0 Å². The van der Waals surface area contributed by atoms with Crippen LogP contribution >= 0.6 is 43.5 Å². The van der Waals surface area contributed by atoms with Gasteiger partial charge in [-0.2, -0.15) is 0 Å². The molecule has 0 unspecified atom stereocenters. The van der Waals surface area contributed by atoms with Crippen molar-refractivity contribution in [3.8, 4) is 0 Å². The number of carbonyl (C=O) groups is 1. The Balaban J connectivity index is 3.23. The lowest BCUT2D eigenvalue weighted by molar-refractivity contribution is 0.109. The summed E-state index contributed by atoms with van der Waals surface area (Å²) in [7, 11) is 0. The summed E-state index contributed by atoms with van der Waals surface area (Å²) >= 11 is 11.8. The fraction of sp³-hybridized carbons (Fsp3) is 0. The highest BCUT2D eigenvalue weighted by atomic mass is 79.9. The quantitative estimate of drug-likeness (QED) is 0.724. The number of hydrogen-bond donors (Lipinski definition) is 0. The summed E-state index contributed by atoms with van der Waals surface area (Å²) in [4.78, 5) is 10.8. The van der Waals surface area contributed by atoms with Gasteiger partial charge in [0.15, 0.2) is 0 Å². The minimum absolute atomic E-state index is 0.205. The van der Waals surface area contributed by atoms with Gasteiger partial charge < -0.3 is 0 Å². The zero-order valence-electron chi connectivity index (χ0n) is 5.27. The van der Waals surface area contributed by atoms with Crippen LogP contribution in [-0.2, 0) is 0 Å². The lowest BCUT2D eigenvalue weighted by Crippen LogP contribution is -1.88. The Morgan fingerprint density at radius 3 is 2.55 bits per heavy atom. The van der Waals surface area contributed by atoms with Crippen molar-refractivity contribution in [3.63, 3.8) is 0 Å². The lowest BCUT2D eigenvalue weighted by Gasteiger charge is -1.97. The van der Waals surface area contributed by atoms with Crippen molar-refractivity contribution < 1.29 is 4.79 Å². The van der Waals surface area contributed by atoms with Gasteiger partial charge in [-0.3, -0.25) is 4.79 Å². The molecule has 11 heavy (non-hydrogen) atoms. The molecule has 1 aromatic rings. The summed E-state index contributed by atoms with van der Waals surface area (Å²) in [5.41, 5.74) is 0.473. The predicted octanol–water partition coefficient (Wildman–Crippen LogP) is 3.64. The van der Waals surface area contributed by atoms with Gasteiger partial charge in [0.2, 0.25) is 4.69 Å². The van der Waals surface area contributed by atoms with Crippen LogP contribution in [-0.4, -0.2) is 4.69 Å². The minimum atomic E-state index is -0.205. The van der Waals surface area contributed by atoms with E-state index in [0.29, 0.717) is 10.6 Å². The van der Waals surface area contributed by atoms with Gasteiger partial charge in [0.25, 0.3) is 0 Å². The van der Waals surface area contributed by atoms with Crippen molar-refractivity contribution in [3.05, 3.63) is 33.3 Å². The molecule has 1 aromatic carbocycles. The summed E-state index contributed by atoms with van der Waals surface area (Å²) in [5, 5.41) is 0.454. The van der Waals surface area contributed by atoms with Gasteiger partial charge in [-0.05, 0) is 34.1 Å². The van der Waals surface area contributed by atoms with E-state index >= 15 is 0 Å². The molecule has 0 N–H and O–H groups in total. The first-order valence-electron chi connectivity index (χ1n) is 2.76. The highest BCUT2D eigenvalue weighted by Crippen LogP contribution is 2.22. The van der Waals surface area contributed by atoms with E-state index in [0.717, 1.165) is 4.47 Å². The van der Waals surface area contributed by atoms with Crippen molar-refractivity contribution in [1.29, 1.82) is 0 Å².